The Morgan fingerprint density at radius 2 is 2.35 bits per heavy atom. The third kappa shape index (κ3) is 4.18. The van der Waals surface area contributed by atoms with Crippen LogP contribution in [0.3, 0.4) is 0 Å². The van der Waals surface area contributed by atoms with Gasteiger partial charge in [-0.05, 0) is 22.4 Å². The van der Waals surface area contributed by atoms with E-state index in [0.717, 1.165) is 17.4 Å². The molecule has 0 aliphatic heterocycles. The number of halogens is 1. The first-order valence-electron chi connectivity index (χ1n) is 5.30. The fourth-order valence-corrected chi connectivity index (χ4v) is 1.75. The summed E-state index contributed by atoms with van der Waals surface area (Å²) in [6, 6.07) is 0. The largest absolute Gasteiger partial charge is 0.368 e. The van der Waals surface area contributed by atoms with Gasteiger partial charge in [-0.2, -0.15) is 4.98 Å². The van der Waals surface area contributed by atoms with Crippen LogP contribution in [0.1, 0.15) is 13.3 Å². The van der Waals surface area contributed by atoms with Gasteiger partial charge in [0.05, 0.1) is 11.0 Å². The molecule has 1 amide bonds. The SMILES string of the molecule is CCCNc1ncc(Br)c(N(C)CC(N)=O)n1. The third-order valence-corrected chi connectivity index (χ3v) is 2.57. The highest BCUT2D eigenvalue weighted by Gasteiger charge is 2.11. The molecule has 0 aliphatic rings. The van der Waals surface area contributed by atoms with E-state index in [1.54, 1.807) is 18.1 Å². The van der Waals surface area contributed by atoms with Gasteiger partial charge < -0.3 is 16.0 Å². The summed E-state index contributed by atoms with van der Waals surface area (Å²) in [5, 5.41) is 3.08. The van der Waals surface area contributed by atoms with Crippen molar-refractivity contribution < 1.29 is 4.79 Å². The Labute approximate surface area is 109 Å². The maximum Gasteiger partial charge on any atom is 0.236 e. The Kier molecular flexibility index (Phi) is 5.14. The summed E-state index contributed by atoms with van der Waals surface area (Å²) in [6.07, 6.45) is 2.64. The number of hydrogen-bond acceptors (Lipinski definition) is 5. The summed E-state index contributed by atoms with van der Waals surface area (Å²) in [7, 11) is 1.75. The summed E-state index contributed by atoms with van der Waals surface area (Å²) in [6.45, 7) is 2.98. The Morgan fingerprint density at radius 3 is 2.94 bits per heavy atom. The topological polar surface area (TPSA) is 84.1 Å². The number of nitrogens with zero attached hydrogens (tertiary/aromatic N) is 3. The monoisotopic (exact) mass is 301 g/mol. The first kappa shape index (κ1) is 13.7. The molecule has 94 valence electrons. The lowest BCUT2D eigenvalue weighted by Crippen LogP contribution is -2.31. The molecular formula is C10H16BrN5O. The molecule has 0 saturated heterocycles. The molecule has 6 nitrogen and oxygen atoms in total. The van der Waals surface area contributed by atoms with Crippen molar-refractivity contribution in [2.24, 2.45) is 5.73 Å². The molecule has 0 aromatic carbocycles. The molecule has 1 rings (SSSR count). The minimum Gasteiger partial charge on any atom is -0.368 e. The van der Waals surface area contributed by atoms with Crippen molar-refractivity contribution in [1.82, 2.24) is 9.97 Å². The van der Waals surface area contributed by atoms with Gasteiger partial charge in [-0.3, -0.25) is 4.79 Å². The van der Waals surface area contributed by atoms with Crippen molar-refractivity contribution in [2.45, 2.75) is 13.3 Å². The first-order chi connectivity index (χ1) is 8.04. The number of amides is 1. The van der Waals surface area contributed by atoms with E-state index < -0.39 is 5.91 Å². The van der Waals surface area contributed by atoms with E-state index in [9.17, 15) is 4.79 Å². The fraction of sp³-hybridized carbons (Fsp3) is 0.500. The number of rotatable bonds is 6. The van der Waals surface area contributed by atoms with Crippen molar-refractivity contribution in [1.29, 1.82) is 0 Å². The standard InChI is InChI=1S/C10H16BrN5O/c1-3-4-13-10-14-5-7(11)9(15-10)16(2)6-8(12)17/h5H,3-4,6H2,1-2H3,(H2,12,17)(H,13,14,15). The first-order valence-corrected chi connectivity index (χ1v) is 6.09. The molecule has 17 heavy (non-hydrogen) atoms. The maximum atomic E-state index is 10.9. The highest BCUT2D eigenvalue weighted by atomic mass is 79.9. The average Bonchev–Trinajstić information content (AvgIpc) is 2.27. The summed E-state index contributed by atoms with van der Waals surface area (Å²) in [5.74, 6) is 0.778. The van der Waals surface area contributed by atoms with E-state index >= 15 is 0 Å². The Bertz CT molecular complexity index is 398. The highest BCUT2D eigenvalue weighted by Crippen LogP contribution is 2.22. The average molecular weight is 302 g/mol. The number of aromatic nitrogens is 2. The zero-order valence-electron chi connectivity index (χ0n) is 9.90. The molecule has 3 N–H and O–H groups in total. The lowest BCUT2D eigenvalue weighted by Gasteiger charge is -2.18. The number of anilines is 2. The summed E-state index contributed by atoms with van der Waals surface area (Å²) in [5.41, 5.74) is 5.14. The molecule has 1 aromatic heterocycles. The fourth-order valence-electron chi connectivity index (χ4n) is 1.26. The minimum atomic E-state index is -0.402. The second-order valence-electron chi connectivity index (χ2n) is 3.61. The van der Waals surface area contributed by atoms with Crippen LogP contribution in [0.5, 0.6) is 0 Å². The van der Waals surface area contributed by atoms with Gasteiger partial charge in [0.25, 0.3) is 0 Å². The predicted octanol–water partition coefficient (Wildman–Crippen LogP) is 0.982. The van der Waals surface area contributed by atoms with E-state index in [-0.39, 0.29) is 6.54 Å². The number of primary amides is 1. The van der Waals surface area contributed by atoms with Crippen molar-refractivity contribution in [3.63, 3.8) is 0 Å². The molecule has 1 heterocycles. The summed E-state index contributed by atoms with van der Waals surface area (Å²) < 4.78 is 0.725. The smallest absolute Gasteiger partial charge is 0.236 e. The van der Waals surface area contributed by atoms with Crippen LogP contribution in [0, 0.1) is 0 Å². The van der Waals surface area contributed by atoms with Crippen molar-refractivity contribution >= 4 is 33.6 Å². The number of hydrogen-bond donors (Lipinski definition) is 2. The molecule has 0 unspecified atom stereocenters. The number of nitrogens with one attached hydrogen (secondary N) is 1. The quantitative estimate of drug-likeness (QED) is 0.818. The van der Waals surface area contributed by atoms with Crippen molar-refractivity contribution in [3.8, 4) is 0 Å². The number of carbonyl (C=O) groups excluding carboxylic acids is 1. The Hall–Kier alpha value is -1.37. The Balaban J connectivity index is 2.85. The van der Waals surface area contributed by atoms with Gasteiger partial charge in [0.2, 0.25) is 11.9 Å². The van der Waals surface area contributed by atoms with E-state index in [0.29, 0.717) is 11.8 Å². The molecule has 0 aliphatic carbocycles. The van der Waals surface area contributed by atoms with Crippen molar-refractivity contribution in [2.75, 3.05) is 30.4 Å². The lowest BCUT2D eigenvalue weighted by atomic mass is 10.4. The molecule has 0 radical (unpaired) electrons. The second kappa shape index (κ2) is 6.39. The van der Waals surface area contributed by atoms with Gasteiger partial charge in [0, 0.05) is 19.8 Å². The maximum absolute atomic E-state index is 10.9. The van der Waals surface area contributed by atoms with Crippen LogP contribution < -0.4 is 16.0 Å². The van der Waals surface area contributed by atoms with Crippen LogP contribution in [-0.4, -0.2) is 36.0 Å². The zero-order chi connectivity index (χ0) is 12.8. The molecular weight excluding hydrogens is 286 g/mol. The van der Waals surface area contributed by atoms with Crippen LogP contribution in [0.25, 0.3) is 0 Å². The second-order valence-corrected chi connectivity index (χ2v) is 4.47. The minimum absolute atomic E-state index is 0.114. The van der Waals surface area contributed by atoms with Gasteiger partial charge in [-0.15, -0.1) is 0 Å². The number of carbonyl (C=O) groups is 1. The predicted molar refractivity (Wildman–Crippen MR) is 71.0 cm³/mol. The summed E-state index contributed by atoms with van der Waals surface area (Å²) >= 11 is 3.34. The lowest BCUT2D eigenvalue weighted by molar-refractivity contribution is -0.116. The van der Waals surface area contributed by atoms with Crippen LogP contribution >= 0.6 is 15.9 Å². The summed E-state index contributed by atoms with van der Waals surface area (Å²) in [4.78, 5) is 21.0. The van der Waals surface area contributed by atoms with Crippen LogP contribution in [0.4, 0.5) is 11.8 Å². The molecule has 0 saturated carbocycles. The van der Waals surface area contributed by atoms with Crippen LogP contribution in [0.15, 0.2) is 10.7 Å². The van der Waals surface area contributed by atoms with Crippen molar-refractivity contribution in [3.05, 3.63) is 10.7 Å². The zero-order valence-corrected chi connectivity index (χ0v) is 11.5. The van der Waals surface area contributed by atoms with Gasteiger partial charge in [0.1, 0.15) is 5.82 Å². The molecule has 0 spiro atoms. The third-order valence-electron chi connectivity index (χ3n) is 2.01. The van der Waals surface area contributed by atoms with Gasteiger partial charge in [-0.1, -0.05) is 6.92 Å². The van der Waals surface area contributed by atoms with E-state index in [1.165, 1.54) is 0 Å². The normalized spacial score (nSPS) is 10.1. The number of likely N-dealkylation sites (N-methyl/N-ethyl adjacent to an activating group) is 1. The molecule has 0 fully saturated rings. The van der Waals surface area contributed by atoms with E-state index in [2.05, 4.69) is 38.1 Å². The van der Waals surface area contributed by atoms with Crippen LogP contribution in [-0.2, 0) is 4.79 Å². The van der Waals surface area contributed by atoms with E-state index in [4.69, 9.17) is 5.73 Å². The van der Waals surface area contributed by atoms with Gasteiger partial charge in [-0.25, -0.2) is 4.98 Å². The number of nitrogens with two attached hydrogens (primary N) is 1. The van der Waals surface area contributed by atoms with E-state index in [1.807, 2.05) is 0 Å². The van der Waals surface area contributed by atoms with Crippen LogP contribution in [0.2, 0.25) is 0 Å². The Morgan fingerprint density at radius 1 is 1.65 bits per heavy atom. The highest BCUT2D eigenvalue weighted by molar-refractivity contribution is 9.10. The molecule has 0 bridgehead atoms. The molecule has 7 heteroatoms. The van der Waals surface area contributed by atoms with Gasteiger partial charge in [0.15, 0.2) is 0 Å². The van der Waals surface area contributed by atoms with Gasteiger partial charge >= 0.3 is 0 Å². The molecule has 0 atom stereocenters. The molecule has 1 aromatic rings.